The number of halogens is 1. The van der Waals surface area contributed by atoms with E-state index in [2.05, 4.69) is 18.2 Å². The van der Waals surface area contributed by atoms with E-state index in [1.807, 2.05) is 13.0 Å². The third kappa shape index (κ3) is 3.64. The summed E-state index contributed by atoms with van der Waals surface area (Å²) in [5.74, 6) is 1.60. The minimum Gasteiger partial charge on any atom is -0.494 e. The Hall–Kier alpha value is -0.690. The molecule has 0 heterocycles. The van der Waals surface area contributed by atoms with Crippen LogP contribution in [0.25, 0.3) is 0 Å². The van der Waals surface area contributed by atoms with Crippen LogP contribution in [0.15, 0.2) is 24.3 Å². The molecular weight excluding hydrogens is 232 g/mol. The maximum absolute atomic E-state index is 6.34. The Bertz CT molecular complexity index is 351. The van der Waals surface area contributed by atoms with Crippen molar-refractivity contribution in [3.05, 3.63) is 29.8 Å². The van der Waals surface area contributed by atoms with Gasteiger partial charge in [0.2, 0.25) is 0 Å². The number of alkyl halides is 1. The molecule has 1 aromatic rings. The lowest BCUT2D eigenvalue weighted by Crippen LogP contribution is -2.04. The van der Waals surface area contributed by atoms with E-state index < -0.39 is 0 Å². The summed E-state index contributed by atoms with van der Waals surface area (Å²) >= 11 is 6.34. The van der Waals surface area contributed by atoms with Crippen molar-refractivity contribution in [1.29, 1.82) is 0 Å². The molecular formula is C15H21ClO. The van der Waals surface area contributed by atoms with Crippen molar-refractivity contribution in [1.82, 2.24) is 0 Å². The zero-order chi connectivity index (χ0) is 12.1. The first-order valence-electron chi connectivity index (χ1n) is 6.66. The summed E-state index contributed by atoms with van der Waals surface area (Å²) in [6.07, 6.45) is 6.11. The van der Waals surface area contributed by atoms with Gasteiger partial charge in [-0.2, -0.15) is 0 Å². The van der Waals surface area contributed by atoms with Crippen LogP contribution in [0.1, 0.15) is 50.5 Å². The molecule has 2 heteroatoms. The molecule has 0 N–H and O–H groups in total. The summed E-state index contributed by atoms with van der Waals surface area (Å²) in [7, 11) is 0. The second kappa shape index (κ2) is 6.30. The summed E-state index contributed by atoms with van der Waals surface area (Å²) in [5.41, 5.74) is 1.39. The zero-order valence-electron chi connectivity index (χ0n) is 10.5. The van der Waals surface area contributed by atoms with Crippen LogP contribution < -0.4 is 4.74 Å². The molecule has 0 aromatic heterocycles. The Labute approximate surface area is 109 Å². The minimum atomic E-state index is 0.346. The highest BCUT2D eigenvalue weighted by molar-refractivity contribution is 6.20. The second-order valence-electron chi connectivity index (χ2n) is 4.82. The minimum absolute atomic E-state index is 0.346. The highest BCUT2D eigenvalue weighted by Gasteiger charge is 2.20. The maximum atomic E-state index is 6.34. The van der Waals surface area contributed by atoms with E-state index >= 15 is 0 Å². The molecule has 1 aromatic carbocycles. The van der Waals surface area contributed by atoms with Gasteiger partial charge in [-0.05, 0) is 49.8 Å². The Morgan fingerprint density at radius 1 is 1.29 bits per heavy atom. The fraction of sp³-hybridized carbons (Fsp3) is 0.600. The van der Waals surface area contributed by atoms with Crippen LogP contribution in [0.5, 0.6) is 5.75 Å². The van der Waals surface area contributed by atoms with Crippen LogP contribution >= 0.6 is 11.6 Å². The van der Waals surface area contributed by atoms with Crippen molar-refractivity contribution < 1.29 is 4.74 Å². The second-order valence-corrected chi connectivity index (χ2v) is 5.44. The standard InChI is InChI=1S/C15H21ClO/c1-2-17-15-9-5-7-13(11-15)12-6-3-4-8-14(16)10-12/h5,7,9,11-12,14H,2-4,6,8,10H2,1H3. The summed E-state index contributed by atoms with van der Waals surface area (Å²) in [6, 6.07) is 8.52. The molecule has 1 aliphatic carbocycles. The smallest absolute Gasteiger partial charge is 0.119 e. The summed E-state index contributed by atoms with van der Waals surface area (Å²) in [4.78, 5) is 0. The summed E-state index contributed by atoms with van der Waals surface area (Å²) < 4.78 is 5.56. The van der Waals surface area contributed by atoms with Gasteiger partial charge in [0.05, 0.1) is 6.61 Å². The quantitative estimate of drug-likeness (QED) is 0.558. The molecule has 2 rings (SSSR count). The molecule has 1 nitrogen and oxygen atoms in total. The molecule has 0 saturated heterocycles. The molecule has 0 amide bonds. The van der Waals surface area contributed by atoms with E-state index in [4.69, 9.17) is 16.3 Å². The van der Waals surface area contributed by atoms with Gasteiger partial charge in [-0.3, -0.25) is 0 Å². The van der Waals surface area contributed by atoms with Gasteiger partial charge in [-0.15, -0.1) is 11.6 Å². The van der Waals surface area contributed by atoms with Gasteiger partial charge in [0.25, 0.3) is 0 Å². The summed E-state index contributed by atoms with van der Waals surface area (Å²) in [5, 5.41) is 0.346. The third-order valence-corrected chi connectivity index (χ3v) is 3.90. The molecule has 2 unspecified atom stereocenters. The average Bonchev–Trinajstić information content (AvgIpc) is 2.55. The number of hydrogen-bond donors (Lipinski definition) is 0. The molecule has 0 aliphatic heterocycles. The largest absolute Gasteiger partial charge is 0.494 e. The Morgan fingerprint density at radius 3 is 2.94 bits per heavy atom. The predicted molar refractivity (Wildman–Crippen MR) is 73.1 cm³/mol. The predicted octanol–water partition coefficient (Wildman–Crippen LogP) is 4.74. The molecule has 0 bridgehead atoms. The fourth-order valence-electron chi connectivity index (χ4n) is 2.63. The van der Waals surface area contributed by atoms with Gasteiger partial charge < -0.3 is 4.74 Å². The van der Waals surface area contributed by atoms with E-state index in [1.54, 1.807) is 0 Å². The van der Waals surface area contributed by atoms with Crippen LogP contribution in [0.3, 0.4) is 0 Å². The maximum Gasteiger partial charge on any atom is 0.119 e. The van der Waals surface area contributed by atoms with Crippen LogP contribution in [-0.2, 0) is 0 Å². The lowest BCUT2D eigenvalue weighted by atomic mass is 9.91. The first kappa shape index (κ1) is 12.8. The molecule has 2 atom stereocenters. The number of ether oxygens (including phenoxy) is 1. The Kier molecular flexibility index (Phi) is 4.73. The van der Waals surface area contributed by atoms with E-state index in [-0.39, 0.29) is 0 Å². The lowest BCUT2D eigenvalue weighted by molar-refractivity contribution is 0.339. The highest BCUT2D eigenvalue weighted by Crippen LogP contribution is 2.35. The Morgan fingerprint density at radius 2 is 2.12 bits per heavy atom. The van der Waals surface area contributed by atoms with Crippen LogP contribution in [-0.4, -0.2) is 12.0 Å². The van der Waals surface area contributed by atoms with Gasteiger partial charge in [0.15, 0.2) is 0 Å². The first-order chi connectivity index (χ1) is 8.29. The van der Waals surface area contributed by atoms with E-state index in [1.165, 1.54) is 31.2 Å². The average molecular weight is 253 g/mol. The number of hydrogen-bond acceptors (Lipinski definition) is 1. The topological polar surface area (TPSA) is 9.23 Å². The van der Waals surface area contributed by atoms with Crippen molar-refractivity contribution >= 4 is 11.6 Å². The molecule has 0 radical (unpaired) electrons. The van der Waals surface area contributed by atoms with Crippen LogP contribution in [0, 0.1) is 0 Å². The summed E-state index contributed by atoms with van der Waals surface area (Å²) in [6.45, 7) is 2.75. The van der Waals surface area contributed by atoms with Gasteiger partial charge in [0.1, 0.15) is 5.75 Å². The van der Waals surface area contributed by atoms with Crippen molar-refractivity contribution in [2.24, 2.45) is 0 Å². The number of rotatable bonds is 3. The van der Waals surface area contributed by atoms with Crippen LogP contribution in [0.2, 0.25) is 0 Å². The fourth-order valence-corrected chi connectivity index (χ4v) is 3.00. The highest BCUT2D eigenvalue weighted by atomic mass is 35.5. The molecule has 17 heavy (non-hydrogen) atoms. The Balaban J connectivity index is 2.11. The zero-order valence-corrected chi connectivity index (χ0v) is 11.2. The van der Waals surface area contributed by atoms with Gasteiger partial charge in [-0.1, -0.05) is 25.0 Å². The van der Waals surface area contributed by atoms with Crippen molar-refractivity contribution in [3.63, 3.8) is 0 Å². The van der Waals surface area contributed by atoms with Gasteiger partial charge >= 0.3 is 0 Å². The third-order valence-electron chi connectivity index (χ3n) is 3.50. The van der Waals surface area contributed by atoms with Crippen molar-refractivity contribution in [2.75, 3.05) is 6.61 Å². The van der Waals surface area contributed by atoms with Gasteiger partial charge in [-0.25, -0.2) is 0 Å². The van der Waals surface area contributed by atoms with E-state index in [0.29, 0.717) is 11.3 Å². The lowest BCUT2D eigenvalue weighted by Gasteiger charge is -2.17. The van der Waals surface area contributed by atoms with Crippen molar-refractivity contribution in [3.8, 4) is 5.75 Å². The van der Waals surface area contributed by atoms with E-state index in [0.717, 1.165) is 18.8 Å². The molecule has 1 aliphatic rings. The molecule has 0 spiro atoms. The van der Waals surface area contributed by atoms with Crippen molar-refractivity contribution in [2.45, 2.75) is 50.3 Å². The monoisotopic (exact) mass is 252 g/mol. The normalized spacial score (nSPS) is 25.3. The number of benzene rings is 1. The first-order valence-corrected chi connectivity index (χ1v) is 7.10. The van der Waals surface area contributed by atoms with E-state index in [9.17, 15) is 0 Å². The van der Waals surface area contributed by atoms with Gasteiger partial charge in [0, 0.05) is 5.38 Å². The molecule has 1 fully saturated rings. The van der Waals surface area contributed by atoms with Crippen LogP contribution in [0.4, 0.5) is 0 Å². The molecule has 1 saturated carbocycles. The molecule has 94 valence electrons. The SMILES string of the molecule is CCOc1cccc(C2CCCCC(Cl)C2)c1.